The summed E-state index contributed by atoms with van der Waals surface area (Å²) in [7, 11) is 0. The second-order valence-electron chi connectivity index (χ2n) is 3.74. The maximum atomic E-state index is 11.2. The van der Waals surface area contributed by atoms with Gasteiger partial charge in [0.05, 0.1) is 6.26 Å². The first-order valence-electron chi connectivity index (χ1n) is 5.22. The molecule has 0 radical (unpaired) electrons. The maximum absolute atomic E-state index is 11.2. The zero-order valence-corrected chi connectivity index (χ0v) is 9.38. The fraction of sp³-hybridized carbons (Fsp3) is 0.0714. The van der Waals surface area contributed by atoms with Crippen LogP contribution < -0.4 is 5.43 Å². The van der Waals surface area contributed by atoms with Crippen LogP contribution in [0.5, 0.6) is 5.75 Å². The van der Waals surface area contributed by atoms with Gasteiger partial charge in [-0.15, -0.1) is 0 Å². The molecule has 1 heterocycles. The molecule has 1 aromatic heterocycles. The summed E-state index contributed by atoms with van der Waals surface area (Å²) in [4.78, 5) is 11.2. The summed E-state index contributed by atoms with van der Waals surface area (Å²) in [5.74, 6) is -0.200. The van der Waals surface area contributed by atoms with Crippen LogP contribution in [0.4, 0.5) is 0 Å². The zero-order chi connectivity index (χ0) is 12.3. The van der Waals surface area contributed by atoms with Gasteiger partial charge in [-0.05, 0) is 18.6 Å². The summed E-state index contributed by atoms with van der Waals surface area (Å²) in [6.07, 6.45) is 4.61. The molecule has 1 aromatic carbocycles. The van der Waals surface area contributed by atoms with Gasteiger partial charge < -0.3 is 9.52 Å². The topological polar surface area (TPSA) is 50.4 Å². The fourth-order valence-electron chi connectivity index (χ4n) is 1.39. The van der Waals surface area contributed by atoms with Crippen molar-refractivity contribution in [2.24, 2.45) is 0 Å². The van der Waals surface area contributed by atoms with E-state index in [0.717, 1.165) is 5.56 Å². The van der Waals surface area contributed by atoms with Crippen LogP contribution in [0.25, 0.3) is 12.2 Å². The van der Waals surface area contributed by atoms with Crippen LogP contribution in [0, 0.1) is 6.92 Å². The quantitative estimate of drug-likeness (QED) is 0.859. The van der Waals surface area contributed by atoms with Crippen LogP contribution in [-0.2, 0) is 0 Å². The van der Waals surface area contributed by atoms with Gasteiger partial charge in [0, 0.05) is 6.07 Å². The molecule has 17 heavy (non-hydrogen) atoms. The van der Waals surface area contributed by atoms with Crippen LogP contribution >= 0.6 is 0 Å². The molecule has 0 spiro atoms. The Bertz CT molecular complexity index is 592. The standard InChI is InChI=1S/C14H12O3/c1-10-2-4-11(5-3-10)6-7-13-14(16)12(15)8-9-17-13/h2-9,16H,1H3. The van der Waals surface area contributed by atoms with Gasteiger partial charge in [0.2, 0.25) is 11.2 Å². The van der Waals surface area contributed by atoms with Crippen LogP contribution in [0.1, 0.15) is 16.9 Å². The molecule has 0 unspecified atom stereocenters. The van der Waals surface area contributed by atoms with Crippen molar-refractivity contribution in [1.29, 1.82) is 0 Å². The zero-order valence-electron chi connectivity index (χ0n) is 9.38. The predicted octanol–water partition coefficient (Wildman–Crippen LogP) is 2.82. The molecule has 0 bridgehead atoms. The molecule has 0 aliphatic rings. The van der Waals surface area contributed by atoms with E-state index in [4.69, 9.17) is 4.42 Å². The Balaban J connectivity index is 2.29. The van der Waals surface area contributed by atoms with E-state index >= 15 is 0 Å². The smallest absolute Gasteiger partial charge is 0.227 e. The molecule has 0 amide bonds. The van der Waals surface area contributed by atoms with Crippen LogP contribution in [0.3, 0.4) is 0 Å². The number of hydrogen-bond acceptors (Lipinski definition) is 3. The number of benzene rings is 1. The van der Waals surface area contributed by atoms with E-state index in [1.165, 1.54) is 17.9 Å². The Hall–Kier alpha value is -2.29. The Labute approximate surface area is 98.7 Å². The minimum atomic E-state index is -0.445. The van der Waals surface area contributed by atoms with Crippen molar-refractivity contribution in [3.8, 4) is 5.75 Å². The van der Waals surface area contributed by atoms with E-state index in [2.05, 4.69) is 0 Å². The number of aromatic hydroxyl groups is 1. The normalized spacial score (nSPS) is 10.9. The monoisotopic (exact) mass is 228 g/mol. The fourth-order valence-corrected chi connectivity index (χ4v) is 1.39. The van der Waals surface area contributed by atoms with E-state index in [9.17, 15) is 9.90 Å². The first kappa shape index (κ1) is 11.2. The Morgan fingerprint density at radius 1 is 1.12 bits per heavy atom. The van der Waals surface area contributed by atoms with Crippen molar-refractivity contribution in [2.45, 2.75) is 6.92 Å². The minimum absolute atomic E-state index is 0.165. The summed E-state index contributed by atoms with van der Waals surface area (Å²) < 4.78 is 5.05. The van der Waals surface area contributed by atoms with E-state index in [1.807, 2.05) is 31.2 Å². The minimum Gasteiger partial charge on any atom is -0.502 e. The van der Waals surface area contributed by atoms with Crippen molar-refractivity contribution in [3.63, 3.8) is 0 Å². The lowest BCUT2D eigenvalue weighted by Crippen LogP contribution is -1.97. The maximum Gasteiger partial charge on any atom is 0.227 e. The van der Waals surface area contributed by atoms with E-state index in [1.54, 1.807) is 12.2 Å². The molecule has 0 atom stereocenters. The Morgan fingerprint density at radius 3 is 2.53 bits per heavy atom. The molecule has 86 valence electrons. The third-order valence-corrected chi connectivity index (χ3v) is 2.39. The second kappa shape index (κ2) is 4.70. The summed E-state index contributed by atoms with van der Waals surface area (Å²) in [5, 5.41) is 9.46. The van der Waals surface area contributed by atoms with E-state index in [0.29, 0.717) is 0 Å². The van der Waals surface area contributed by atoms with Crippen molar-refractivity contribution >= 4 is 12.2 Å². The van der Waals surface area contributed by atoms with E-state index in [-0.39, 0.29) is 11.5 Å². The molecule has 0 saturated carbocycles. The third kappa shape index (κ3) is 2.64. The van der Waals surface area contributed by atoms with Crippen LogP contribution in [0.2, 0.25) is 0 Å². The molecule has 1 N–H and O–H groups in total. The molecule has 2 aromatic rings. The molecule has 0 aliphatic carbocycles. The van der Waals surface area contributed by atoms with Gasteiger partial charge >= 0.3 is 0 Å². The average Bonchev–Trinajstić information content (AvgIpc) is 2.33. The van der Waals surface area contributed by atoms with Gasteiger partial charge in [-0.3, -0.25) is 4.79 Å². The van der Waals surface area contributed by atoms with Crippen molar-refractivity contribution in [1.82, 2.24) is 0 Å². The highest BCUT2D eigenvalue weighted by Gasteiger charge is 2.02. The highest BCUT2D eigenvalue weighted by atomic mass is 16.4. The lowest BCUT2D eigenvalue weighted by Gasteiger charge is -1.97. The summed E-state index contributed by atoms with van der Waals surface area (Å²) in [6, 6.07) is 9.05. The van der Waals surface area contributed by atoms with Crippen molar-refractivity contribution in [2.75, 3.05) is 0 Å². The molecule has 3 nitrogen and oxygen atoms in total. The molecule has 2 rings (SSSR count). The van der Waals surface area contributed by atoms with Gasteiger partial charge in [0.1, 0.15) is 0 Å². The highest BCUT2D eigenvalue weighted by molar-refractivity contribution is 5.69. The lowest BCUT2D eigenvalue weighted by atomic mass is 10.1. The first-order valence-corrected chi connectivity index (χ1v) is 5.22. The number of rotatable bonds is 2. The summed E-state index contributed by atoms with van der Waals surface area (Å²) in [5.41, 5.74) is 1.71. The van der Waals surface area contributed by atoms with Crippen LogP contribution in [0.15, 0.2) is 45.8 Å². The average molecular weight is 228 g/mol. The van der Waals surface area contributed by atoms with Gasteiger partial charge in [0.25, 0.3) is 0 Å². The molecule has 0 fully saturated rings. The highest BCUT2D eigenvalue weighted by Crippen LogP contribution is 2.15. The number of hydrogen-bond donors (Lipinski definition) is 1. The van der Waals surface area contributed by atoms with Crippen molar-refractivity contribution in [3.05, 3.63) is 63.7 Å². The number of aryl methyl sites for hydroxylation is 1. The SMILES string of the molecule is Cc1ccc(C=Cc2occc(=O)c2O)cc1. The van der Waals surface area contributed by atoms with E-state index < -0.39 is 5.43 Å². The van der Waals surface area contributed by atoms with Crippen LogP contribution in [-0.4, -0.2) is 5.11 Å². The van der Waals surface area contributed by atoms with Crippen molar-refractivity contribution < 1.29 is 9.52 Å². The van der Waals surface area contributed by atoms with Gasteiger partial charge in [0.15, 0.2) is 5.76 Å². The predicted molar refractivity (Wildman–Crippen MR) is 66.7 cm³/mol. The lowest BCUT2D eigenvalue weighted by molar-refractivity contribution is 0.424. The second-order valence-corrected chi connectivity index (χ2v) is 3.74. The van der Waals surface area contributed by atoms with Gasteiger partial charge in [-0.2, -0.15) is 0 Å². The molecular formula is C14H12O3. The van der Waals surface area contributed by atoms with Gasteiger partial charge in [-0.1, -0.05) is 35.9 Å². The first-order chi connectivity index (χ1) is 8.16. The summed E-state index contributed by atoms with van der Waals surface area (Å²) in [6.45, 7) is 2.01. The summed E-state index contributed by atoms with van der Waals surface area (Å²) >= 11 is 0. The molecule has 0 aliphatic heterocycles. The molecule has 0 saturated heterocycles. The Morgan fingerprint density at radius 2 is 1.82 bits per heavy atom. The largest absolute Gasteiger partial charge is 0.502 e. The molecular weight excluding hydrogens is 216 g/mol. The third-order valence-electron chi connectivity index (χ3n) is 2.39. The van der Waals surface area contributed by atoms with Gasteiger partial charge in [-0.25, -0.2) is 0 Å². The Kier molecular flexibility index (Phi) is 3.10. The molecule has 3 heteroatoms.